The molecular weight excluding hydrogens is 320 g/mol. The van der Waals surface area contributed by atoms with E-state index >= 15 is 0 Å². The van der Waals surface area contributed by atoms with Crippen molar-refractivity contribution in [2.24, 2.45) is 0 Å². The SMILES string of the molecule is O=C(NCC1(c2ccc(Cl)cc2)CC1)c1cccc2ncccc12. The van der Waals surface area contributed by atoms with Gasteiger partial charge in [-0.15, -0.1) is 0 Å². The monoisotopic (exact) mass is 336 g/mol. The molecule has 0 bridgehead atoms. The van der Waals surface area contributed by atoms with Crippen LogP contribution in [0.15, 0.2) is 60.8 Å². The Bertz CT molecular complexity index is 896. The van der Waals surface area contributed by atoms with E-state index in [1.165, 1.54) is 5.56 Å². The van der Waals surface area contributed by atoms with Gasteiger partial charge in [0, 0.05) is 34.1 Å². The summed E-state index contributed by atoms with van der Waals surface area (Å²) < 4.78 is 0. The van der Waals surface area contributed by atoms with Gasteiger partial charge in [-0.2, -0.15) is 0 Å². The van der Waals surface area contributed by atoms with Crippen LogP contribution in [0, 0.1) is 0 Å². The maximum atomic E-state index is 12.7. The summed E-state index contributed by atoms with van der Waals surface area (Å²) in [7, 11) is 0. The number of carbonyl (C=O) groups excluding carboxylic acids is 1. The first-order valence-corrected chi connectivity index (χ1v) is 8.44. The molecular formula is C20H17ClN2O. The van der Waals surface area contributed by atoms with Crippen LogP contribution in [0.2, 0.25) is 5.02 Å². The lowest BCUT2D eigenvalue weighted by molar-refractivity contribution is 0.0951. The number of hydrogen-bond donors (Lipinski definition) is 1. The molecule has 0 spiro atoms. The molecule has 0 radical (unpaired) electrons. The van der Waals surface area contributed by atoms with Gasteiger partial charge in [-0.25, -0.2) is 0 Å². The van der Waals surface area contributed by atoms with E-state index in [1.807, 2.05) is 42.5 Å². The second-order valence-electron chi connectivity index (χ2n) is 6.35. The number of nitrogens with one attached hydrogen (secondary N) is 1. The average molecular weight is 337 g/mol. The molecule has 0 unspecified atom stereocenters. The summed E-state index contributed by atoms with van der Waals surface area (Å²) in [4.78, 5) is 17.0. The van der Waals surface area contributed by atoms with Crippen molar-refractivity contribution in [3.05, 3.63) is 76.9 Å². The highest BCUT2D eigenvalue weighted by Crippen LogP contribution is 2.47. The number of aromatic nitrogens is 1. The Morgan fingerprint density at radius 1 is 1.08 bits per heavy atom. The Morgan fingerprint density at radius 2 is 1.88 bits per heavy atom. The van der Waals surface area contributed by atoms with E-state index in [0.717, 1.165) is 28.8 Å². The van der Waals surface area contributed by atoms with Crippen molar-refractivity contribution < 1.29 is 4.79 Å². The standard InChI is InChI=1S/C20H17ClN2O/c21-15-8-6-14(7-9-15)20(10-11-20)13-23-19(24)17-3-1-5-18-16(17)4-2-12-22-18/h1-9,12H,10-11,13H2,(H,23,24). The van der Waals surface area contributed by atoms with Crippen LogP contribution in [0.3, 0.4) is 0 Å². The molecule has 1 aromatic heterocycles. The summed E-state index contributed by atoms with van der Waals surface area (Å²) in [5.41, 5.74) is 2.81. The van der Waals surface area contributed by atoms with Crippen LogP contribution in [0.5, 0.6) is 0 Å². The van der Waals surface area contributed by atoms with Crippen molar-refractivity contribution in [3.8, 4) is 0 Å². The van der Waals surface area contributed by atoms with E-state index in [-0.39, 0.29) is 11.3 Å². The number of fused-ring (bicyclic) bond motifs is 1. The van der Waals surface area contributed by atoms with E-state index in [9.17, 15) is 4.79 Å². The molecule has 1 heterocycles. The number of pyridine rings is 1. The molecule has 4 rings (SSSR count). The number of benzene rings is 2. The third-order valence-corrected chi connectivity index (χ3v) is 5.04. The first-order chi connectivity index (χ1) is 11.7. The summed E-state index contributed by atoms with van der Waals surface area (Å²) in [5, 5.41) is 4.73. The second-order valence-corrected chi connectivity index (χ2v) is 6.78. The molecule has 3 aromatic rings. The Balaban J connectivity index is 1.53. The second kappa shape index (κ2) is 5.91. The highest BCUT2D eigenvalue weighted by molar-refractivity contribution is 6.30. The van der Waals surface area contributed by atoms with Crippen molar-refractivity contribution >= 4 is 28.4 Å². The van der Waals surface area contributed by atoms with Crippen molar-refractivity contribution in [1.82, 2.24) is 10.3 Å². The van der Waals surface area contributed by atoms with Crippen LogP contribution < -0.4 is 5.32 Å². The summed E-state index contributed by atoms with van der Waals surface area (Å²) >= 11 is 5.97. The van der Waals surface area contributed by atoms with Gasteiger partial charge in [-0.1, -0.05) is 35.9 Å². The van der Waals surface area contributed by atoms with Crippen molar-refractivity contribution in [3.63, 3.8) is 0 Å². The maximum absolute atomic E-state index is 12.7. The highest BCUT2D eigenvalue weighted by atomic mass is 35.5. The lowest BCUT2D eigenvalue weighted by Gasteiger charge is -2.17. The lowest BCUT2D eigenvalue weighted by atomic mass is 9.96. The Kier molecular flexibility index (Phi) is 3.73. The molecule has 1 saturated carbocycles. The van der Waals surface area contributed by atoms with Crippen LogP contribution >= 0.6 is 11.6 Å². The van der Waals surface area contributed by atoms with Gasteiger partial charge >= 0.3 is 0 Å². The Labute approximate surface area is 145 Å². The van der Waals surface area contributed by atoms with E-state index in [4.69, 9.17) is 11.6 Å². The van der Waals surface area contributed by atoms with E-state index < -0.39 is 0 Å². The molecule has 0 saturated heterocycles. The highest BCUT2D eigenvalue weighted by Gasteiger charge is 2.44. The number of rotatable bonds is 4. The van der Waals surface area contributed by atoms with Crippen molar-refractivity contribution in [1.29, 1.82) is 0 Å². The molecule has 1 fully saturated rings. The van der Waals surface area contributed by atoms with E-state index in [0.29, 0.717) is 12.1 Å². The fourth-order valence-electron chi connectivity index (χ4n) is 3.17. The van der Waals surface area contributed by atoms with Crippen molar-refractivity contribution in [2.45, 2.75) is 18.3 Å². The number of halogens is 1. The molecule has 1 N–H and O–H groups in total. The summed E-state index contributed by atoms with van der Waals surface area (Å²) in [6.07, 6.45) is 3.92. The van der Waals surface area contributed by atoms with Crippen LogP contribution in [0.4, 0.5) is 0 Å². The van der Waals surface area contributed by atoms with Crippen LogP contribution in [-0.4, -0.2) is 17.4 Å². The molecule has 1 aliphatic rings. The Hall–Kier alpha value is -2.39. The molecule has 4 heteroatoms. The maximum Gasteiger partial charge on any atom is 0.251 e. The minimum Gasteiger partial charge on any atom is -0.351 e. The first kappa shape index (κ1) is 15.2. The first-order valence-electron chi connectivity index (χ1n) is 8.06. The summed E-state index contributed by atoms with van der Waals surface area (Å²) in [6, 6.07) is 17.4. The van der Waals surface area contributed by atoms with Gasteiger partial charge in [0.15, 0.2) is 0 Å². The molecule has 3 nitrogen and oxygen atoms in total. The summed E-state index contributed by atoms with van der Waals surface area (Å²) in [6.45, 7) is 0.643. The number of amides is 1. The largest absolute Gasteiger partial charge is 0.351 e. The predicted molar refractivity (Wildman–Crippen MR) is 96.4 cm³/mol. The number of nitrogens with zero attached hydrogens (tertiary/aromatic N) is 1. The molecule has 1 amide bonds. The van der Waals surface area contributed by atoms with Gasteiger partial charge in [0.05, 0.1) is 5.52 Å². The van der Waals surface area contributed by atoms with E-state index in [1.54, 1.807) is 6.20 Å². The molecule has 120 valence electrons. The van der Waals surface area contributed by atoms with Crippen LogP contribution in [0.25, 0.3) is 10.9 Å². The normalized spacial score (nSPS) is 15.2. The van der Waals surface area contributed by atoms with Gasteiger partial charge in [0.1, 0.15) is 0 Å². The zero-order chi connectivity index (χ0) is 16.6. The quantitative estimate of drug-likeness (QED) is 0.769. The summed E-state index contributed by atoms with van der Waals surface area (Å²) in [5.74, 6) is -0.0474. The number of hydrogen-bond acceptors (Lipinski definition) is 2. The minimum absolute atomic E-state index is 0.0474. The van der Waals surface area contributed by atoms with Gasteiger partial charge in [0.2, 0.25) is 0 Å². The lowest BCUT2D eigenvalue weighted by Crippen LogP contribution is -2.32. The fraction of sp³-hybridized carbons (Fsp3) is 0.200. The van der Waals surface area contributed by atoms with Gasteiger partial charge in [-0.3, -0.25) is 9.78 Å². The topological polar surface area (TPSA) is 42.0 Å². The third kappa shape index (κ3) is 2.76. The zero-order valence-corrected chi connectivity index (χ0v) is 13.9. The predicted octanol–water partition coefficient (Wildman–Crippen LogP) is 4.35. The molecule has 1 aliphatic carbocycles. The van der Waals surface area contributed by atoms with Gasteiger partial charge < -0.3 is 5.32 Å². The average Bonchev–Trinajstić information content (AvgIpc) is 3.41. The zero-order valence-electron chi connectivity index (χ0n) is 13.1. The minimum atomic E-state index is -0.0474. The van der Waals surface area contributed by atoms with Gasteiger partial charge in [0.25, 0.3) is 5.91 Å². The molecule has 24 heavy (non-hydrogen) atoms. The van der Waals surface area contributed by atoms with Gasteiger partial charge in [-0.05, 0) is 48.7 Å². The molecule has 2 aromatic carbocycles. The third-order valence-electron chi connectivity index (χ3n) is 4.79. The molecule has 0 atom stereocenters. The van der Waals surface area contributed by atoms with Crippen molar-refractivity contribution in [2.75, 3.05) is 6.54 Å². The Morgan fingerprint density at radius 3 is 2.62 bits per heavy atom. The molecule has 0 aliphatic heterocycles. The fourth-order valence-corrected chi connectivity index (χ4v) is 3.29. The van der Waals surface area contributed by atoms with Crippen LogP contribution in [-0.2, 0) is 5.41 Å². The van der Waals surface area contributed by atoms with Crippen LogP contribution in [0.1, 0.15) is 28.8 Å². The number of carbonyl (C=O) groups is 1. The smallest absolute Gasteiger partial charge is 0.251 e. The van der Waals surface area contributed by atoms with E-state index in [2.05, 4.69) is 22.4 Å².